The van der Waals surface area contributed by atoms with Gasteiger partial charge in [0.2, 0.25) is 0 Å². The summed E-state index contributed by atoms with van der Waals surface area (Å²) in [7, 11) is 1.83. The van der Waals surface area contributed by atoms with E-state index in [0.29, 0.717) is 5.82 Å². The Morgan fingerprint density at radius 1 is 1.21 bits per heavy atom. The van der Waals surface area contributed by atoms with Crippen molar-refractivity contribution < 1.29 is 0 Å². The molecular formula is C14H15N5. The first-order chi connectivity index (χ1) is 9.13. The van der Waals surface area contributed by atoms with Crippen molar-refractivity contribution in [2.45, 2.75) is 6.92 Å². The summed E-state index contributed by atoms with van der Waals surface area (Å²) in [5, 5.41) is 8.69. The maximum atomic E-state index is 5.81. The third-order valence-electron chi connectivity index (χ3n) is 3.03. The summed E-state index contributed by atoms with van der Waals surface area (Å²) in [5.41, 5.74) is 9.85. The first-order valence-corrected chi connectivity index (χ1v) is 6.05. The third-order valence-corrected chi connectivity index (χ3v) is 3.03. The average Bonchev–Trinajstić information content (AvgIpc) is 2.97. The van der Waals surface area contributed by atoms with Crippen LogP contribution in [-0.4, -0.2) is 19.6 Å². The van der Waals surface area contributed by atoms with E-state index in [1.165, 1.54) is 0 Å². The minimum Gasteiger partial charge on any atom is -0.384 e. The van der Waals surface area contributed by atoms with Crippen LogP contribution >= 0.6 is 0 Å². The Hall–Kier alpha value is -2.56. The van der Waals surface area contributed by atoms with Crippen LogP contribution in [0.1, 0.15) is 5.56 Å². The van der Waals surface area contributed by atoms with E-state index in [-0.39, 0.29) is 0 Å². The van der Waals surface area contributed by atoms with Gasteiger partial charge in [-0.3, -0.25) is 4.68 Å². The molecule has 0 saturated heterocycles. The molecule has 0 fully saturated rings. The molecule has 0 unspecified atom stereocenters. The zero-order chi connectivity index (χ0) is 13.4. The number of nitrogens with two attached hydrogens (primary N) is 1. The SMILES string of the molecule is Cc1cnn(-c2cccc(-c3cc(N)n(C)n3)c2)c1. The second-order valence-corrected chi connectivity index (χ2v) is 4.59. The molecule has 5 nitrogen and oxygen atoms in total. The van der Waals surface area contributed by atoms with Gasteiger partial charge >= 0.3 is 0 Å². The van der Waals surface area contributed by atoms with Gasteiger partial charge < -0.3 is 5.73 Å². The van der Waals surface area contributed by atoms with Crippen LogP contribution in [0.5, 0.6) is 0 Å². The lowest BCUT2D eigenvalue weighted by molar-refractivity contribution is 0.782. The highest BCUT2D eigenvalue weighted by Gasteiger charge is 2.06. The molecule has 0 radical (unpaired) electrons. The van der Waals surface area contributed by atoms with Crippen LogP contribution < -0.4 is 5.73 Å². The van der Waals surface area contributed by atoms with Crippen LogP contribution in [0.3, 0.4) is 0 Å². The first-order valence-electron chi connectivity index (χ1n) is 6.05. The minimum absolute atomic E-state index is 0.648. The highest BCUT2D eigenvalue weighted by molar-refractivity contribution is 5.64. The molecule has 0 spiro atoms. The fourth-order valence-electron chi connectivity index (χ4n) is 1.98. The molecule has 96 valence electrons. The summed E-state index contributed by atoms with van der Waals surface area (Å²) in [6, 6.07) is 9.94. The van der Waals surface area contributed by atoms with Crippen molar-refractivity contribution in [1.82, 2.24) is 19.6 Å². The van der Waals surface area contributed by atoms with E-state index in [9.17, 15) is 0 Å². The highest BCUT2D eigenvalue weighted by atomic mass is 15.3. The zero-order valence-corrected chi connectivity index (χ0v) is 10.9. The van der Waals surface area contributed by atoms with Crippen molar-refractivity contribution in [2.24, 2.45) is 7.05 Å². The molecule has 2 heterocycles. The topological polar surface area (TPSA) is 61.7 Å². The van der Waals surface area contributed by atoms with Crippen LogP contribution in [0.15, 0.2) is 42.7 Å². The molecular weight excluding hydrogens is 238 g/mol. The molecule has 0 atom stereocenters. The van der Waals surface area contributed by atoms with Crippen molar-refractivity contribution in [3.63, 3.8) is 0 Å². The Kier molecular flexibility index (Phi) is 2.59. The number of aryl methyl sites for hydroxylation is 2. The number of rotatable bonds is 2. The van der Waals surface area contributed by atoms with Gasteiger partial charge in [0.25, 0.3) is 0 Å². The molecule has 0 saturated carbocycles. The maximum Gasteiger partial charge on any atom is 0.121 e. The van der Waals surface area contributed by atoms with Gasteiger partial charge in [-0.05, 0) is 24.6 Å². The van der Waals surface area contributed by atoms with Gasteiger partial charge in [-0.15, -0.1) is 0 Å². The lowest BCUT2D eigenvalue weighted by Gasteiger charge is -2.03. The summed E-state index contributed by atoms with van der Waals surface area (Å²) >= 11 is 0. The Morgan fingerprint density at radius 2 is 2.05 bits per heavy atom. The second kappa shape index (κ2) is 4.28. The normalized spacial score (nSPS) is 10.8. The Morgan fingerprint density at radius 3 is 2.68 bits per heavy atom. The lowest BCUT2D eigenvalue weighted by Crippen LogP contribution is -1.97. The molecule has 0 aliphatic rings. The van der Waals surface area contributed by atoms with Crippen molar-refractivity contribution in [2.75, 3.05) is 5.73 Å². The van der Waals surface area contributed by atoms with Gasteiger partial charge in [0, 0.05) is 24.9 Å². The second-order valence-electron chi connectivity index (χ2n) is 4.59. The number of hydrogen-bond acceptors (Lipinski definition) is 3. The van der Waals surface area contributed by atoms with Gasteiger partial charge in [0.15, 0.2) is 0 Å². The predicted molar refractivity (Wildman–Crippen MR) is 74.9 cm³/mol. The van der Waals surface area contributed by atoms with E-state index in [0.717, 1.165) is 22.5 Å². The molecule has 0 bridgehead atoms. The van der Waals surface area contributed by atoms with Gasteiger partial charge in [-0.2, -0.15) is 10.2 Å². The van der Waals surface area contributed by atoms with E-state index in [1.807, 2.05) is 61.4 Å². The molecule has 0 aliphatic carbocycles. The number of nitrogen functional groups attached to an aromatic ring is 1. The number of nitrogens with zero attached hydrogens (tertiary/aromatic N) is 4. The molecule has 5 heteroatoms. The van der Waals surface area contributed by atoms with Crippen molar-refractivity contribution in [3.8, 4) is 16.9 Å². The predicted octanol–water partition coefficient (Wildman–Crippen LogP) is 2.16. The largest absolute Gasteiger partial charge is 0.384 e. The minimum atomic E-state index is 0.648. The Balaban J connectivity index is 2.04. The van der Waals surface area contributed by atoms with Crippen LogP contribution in [0, 0.1) is 6.92 Å². The number of aromatic nitrogens is 4. The number of benzene rings is 1. The van der Waals surface area contributed by atoms with Crippen LogP contribution in [0.4, 0.5) is 5.82 Å². The highest BCUT2D eigenvalue weighted by Crippen LogP contribution is 2.22. The van der Waals surface area contributed by atoms with E-state index >= 15 is 0 Å². The zero-order valence-electron chi connectivity index (χ0n) is 10.9. The van der Waals surface area contributed by atoms with Gasteiger partial charge in [0.05, 0.1) is 17.6 Å². The standard InChI is InChI=1S/C14H15N5/c1-10-8-16-19(9-10)12-5-3-4-11(6-12)13-7-14(15)18(2)17-13/h3-9H,15H2,1-2H3. The quantitative estimate of drug-likeness (QED) is 0.761. The van der Waals surface area contributed by atoms with Gasteiger partial charge in [0.1, 0.15) is 5.82 Å². The van der Waals surface area contributed by atoms with Crippen LogP contribution in [0.2, 0.25) is 0 Å². The molecule has 19 heavy (non-hydrogen) atoms. The van der Waals surface area contributed by atoms with E-state index < -0.39 is 0 Å². The van der Waals surface area contributed by atoms with E-state index in [4.69, 9.17) is 5.73 Å². The summed E-state index contributed by atoms with van der Waals surface area (Å²) in [6.45, 7) is 2.02. The molecule has 0 amide bonds. The third kappa shape index (κ3) is 2.10. The average molecular weight is 253 g/mol. The fourth-order valence-corrected chi connectivity index (χ4v) is 1.98. The molecule has 2 aromatic heterocycles. The Bertz CT molecular complexity index is 704. The molecule has 2 N–H and O–H groups in total. The van der Waals surface area contributed by atoms with Crippen LogP contribution in [-0.2, 0) is 7.05 Å². The maximum absolute atomic E-state index is 5.81. The summed E-state index contributed by atoms with van der Waals surface area (Å²) < 4.78 is 3.52. The van der Waals surface area contributed by atoms with Gasteiger partial charge in [-0.1, -0.05) is 12.1 Å². The first kappa shape index (κ1) is 11.5. The van der Waals surface area contributed by atoms with E-state index in [1.54, 1.807) is 4.68 Å². The summed E-state index contributed by atoms with van der Waals surface area (Å²) in [4.78, 5) is 0. The molecule has 0 aliphatic heterocycles. The van der Waals surface area contributed by atoms with Gasteiger partial charge in [-0.25, -0.2) is 4.68 Å². The van der Waals surface area contributed by atoms with Crippen LogP contribution in [0.25, 0.3) is 16.9 Å². The van der Waals surface area contributed by atoms with E-state index in [2.05, 4.69) is 10.2 Å². The lowest BCUT2D eigenvalue weighted by atomic mass is 10.1. The number of anilines is 1. The molecule has 1 aromatic carbocycles. The molecule has 3 aromatic rings. The van der Waals surface area contributed by atoms with Crippen molar-refractivity contribution >= 4 is 5.82 Å². The number of hydrogen-bond donors (Lipinski definition) is 1. The Labute approximate surface area is 111 Å². The summed E-state index contributed by atoms with van der Waals surface area (Å²) in [5.74, 6) is 0.648. The molecule has 3 rings (SSSR count). The smallest absolute Gasteiger partial charge is 0.121 e. The van der Waals surface area contributed by atoms with Crippen molar-refractivity contribution in [3.05, 3.63) is 48.3 Å². The summed E-state index contributed by atoms with van der Waals surface area (Å²) in [6.07, 6.45) is 3.83. The fraction of sp³-hybridized carbons (Fsp3) is 0.143. The monoisotopic (exact) mass is 253 g/mol. The van der Waals surface area contributed by atoms with Crippen molar-refractivity contribution in [1.29, 1.82) is 0 Å².